The van der Waals surface area contributed by atoms with E-state index in [2.05, 4.69) is 15.5 Å². The fraction of sp³-hybridized carbons (Fsp3) is 0.588. The van der Waals surface area contributed by atoms with Crippen LogP contribution in [0.4, 0.5) is 4.79 Å². The van der Waals surface area contributed by atoms with Gasteiger partial charge in [0.25, 0.3) is 0 Å². The number of hydrogen-bond acceptors (Lipinski definition) is 5. The monoisotopic (exact) mass is 382 g/mol. The summed E-state index contributed by atoms with van der Waals surface area (Å²) in [5, 5.41) is 5.68. The van der Waals surface area contributed by atoms with Crippen LogP contribution in [0.2, 0.25) is 0 Å². The first-order valence-corrected chi connectivity index (χ1v) is 10.7. The molecule has 1 atom stereocenters. The highest BCUT2D eigenvalue weighted by Crippen LogP contribution is 2.27. The van der Waals surface area contributed by atoms with Crippen molar-refractivity contribution >= 4 is 16.1 Å². The first-order valence-electron chi connectivity index (χ1n) is 8.85. The van der Waals surface area contributed by atoms with Crippen molar-refractivity contribution in [3.8, 4) is 5.75 Å². The summed E-state index contributed by atoms with van der Waals surface area (Å²) in [5.74, 6) is 0.896. The fourth-order valence-electron chi connectivity index (χ4n) is 3.25. The van der Waals surface area contributed by atoms with E-state index in [0.717, 1.165) is 12.2 Å². The smallest absolute Gasteiger partial charge is 0.314 e. The van der Waals surface area contributed by atoms with E-state index in [-0.39, 0.29) is 12.1 Å². The Morgan fingerprint density at radius 2 is 1.92 bits per heavy atom. The first kappa shape index (κ1) is 18.9. The van der Waals surface area contributed by atoms with Gasteiger partial charge in [0.05, 0.1) is 12.8 Å². The van der Waals surface area contributed by atoms with Gasteiger partial charge in [-0.25, -0.2) is 13.2 Å². The lowest BCUT2D eigenvalue weighted by Crippen LogP contribution is -2.50. The van der Waals surface area contributed by atoms with Crippen molar-refractivity contribution < 1.29 is 17.9 Å². The van der Waals surface area contributed by atoms with Crippen LogP contribution >= 0.6 is 0 Å². The number of para-hydroxylation sites is 1. The molecule has 0 spiro atoms. The number of nitrogens with zero attached hydrogens (tertiary/aromatic N) is 2. The van der Waals surface area contributed by atoms with E-state index in [0.29, 0.717) is 45.8 Å². The quantitative estimate of drug-likeness (QED) is 0.715. The molecule has 2 aliphatic rings. The lowest BCUT2D eigenvalue weighted by atomic mass is 10.1. The van der Waals surface area contributed by atoms with Gasteiger partial charge in [0.1, 0.15) is 11.9 Å². The second kappa shape index (κ2) is 8.24. The molecule has 1 saturated heterocycles. The summed E-state index contributed by atoms with van der Waals surface area (Å²) in [4.78, 5) is 14.1. The zero-order valence-corrected chi connectivity index (χ0v) is 15.8. The number of amides is 2. The van der Waals surface area contributed by atoms with Crippen LogP contribution in [0.15, 0.2) is 24.3 Å². The molecule has 0 radical (unpaired) electrons. The molecule has 0 unspecified atom stereocenters. The fourth-order valence-corrected chi connectivity index (χ4v) is 4.08. The molecule has 0 aliphatic carbocycles. The van der Waals surface area contributed by atoms with Crippen molar-refractivity contribution in [3.05, 3.63) is 29.8 Å². The highest BCUT2D eigenvalue weighted by atomic mass is 32.2. The Balaban J connectivity index is 1.29. The van der Waals surface area contributed by atoms with Gasteiger partial charge < -0.3 is 15.4 Å². The lowest BCUT2D eigenvalue weighted by molar-refractivity contribution is 0.187. The molecule has 1 aromatic carbocycles. The maximum Gasteiger partial charge on any atom is 0.314 e. The summed E-state index contributed by atoms with van der Waals surface area (Å²) in [6.07, 6.45) is 2.02. The molecule has 26 heavy (non-hydrogen) atoms. The van der Waals surface area contributed by atoms with Crippen molar-refractivity contribution in [1.29, 1.82) is 0 Å². The summed E-state index contributed by atoms with van der Waals surface area (Å²) in [6, 6.07) is 7.70. The Morgan fingerprint density at radius 1 is 1.19 bits per heavy atom. The van der Waals surface area contributed by atoms with Gasteiger partial charge in [0, 0.05) is 45.7 Å². The average Bonchev–Trinajstić information content (AvgIpc) is 3.03. The van der Waals surface area contributed by atoms with Crippen LogP contribution in [-0.4, -0.2) is 81.8 Å². The molecule has 144 valence electrons. The lowest BCUT2D eigenvalue weighted by Gasteiger charge is -2.33. The summed E-state index contributed by atoms with van der Waals surface area (Å²) < 4.78 is 30.2. The minimum atomic E-state index is -3.10. The number of benzene rings is 1. The van der Waals surface area contributed by atoms with Gasteiger partial charge in [-0.15, -0.1) is 0 Å². The van der Waals surface area contributed by atoms with Gasteiger partial charge in [0.2, 0.25) is 10.0 Å². The van der Waals surface area contributed by atoms with Gasteiger partial charge in [-0.1, -0.05) is 18.2 Å². The van der Waals surface area contributed by atoms with Gasteiger partial charge in [-0.05, 0) is 11.6 Å². The van der Waals surface area contributed by atoms with Crippen molar-refractivity contribution in [2.45, 2.75) is 12.5 Å². The van der Waals surface area contributed by atoms with Crippen molar-refractivity contribution in [3.63, 3.8) is 0 Å². The molecule has 2 N–H and O–H groups in total. The van der Waals surface area contributed by atoms with E-state index >= 15 is 0 Å². The van der Waals surface area contributed by atoms with Crippen molar-refractivity contribution in [2.24, 2.45) is 0 Å². The van der Waals surface area contributed by atoms with Crippen LogP contribution in [0.3, 0.4) is 0 Å². The predicted octanol–water partition coefficient (Wildman–Crippen LogP) is -0.133. The second-order valence-corrected chi connectivity index (χ2v) is 8.67. The number of ether oxygens (including phenoxy) is 1. The van der Waals surface area contributed by atoms with Gasteiger partial charge in [-0.3, -0.25) is 4.90 Å². The van der Waals surface area contributed by atoms with Crippen LogP contribution in [0.25, 0.3) is 0 Å². The van der Waals surface area contributed by atoms with Crippen LogP contribution in [0, 0.1) is 0 Å². The van der Waals surface area contributed by atoms with Crippen LogP contribution < -0.4 is 15.4 Å². The average molecular weight is 382 g/mol. The molecule has 1 aromatic rings. The van der Waals surface area contributed by atoms with Crippen LogP contribution in [0.5, 0.6) is 5.75 Å². The summed E-state index contributed by atoms with van der Waals surface area (Å²) in [5.41, 5.74) is 1.17. The van der Waals surface area contributed by atoms with Crippen LogP contribution in [-0.2, 0) is 16.4 Å². The Kier molecular flexibility index (Phi) is 6.00. The molecule has 3 rings (SSSR count). The standard InChI is InChI=1S/C17H26N4O4S/c1-26(23,24)21-10-8-20(9-11-21)7-6-18-17(22)19-13-15-12-14-4-2-3-5-16(14)25-15/h2-5,15H,6-13H2,1H3,(H2,18,19,22)/t15-/m1/s1. The van der Waals surface area contributed by atoms with Gasteiger partial charge in [-0.2, -0.15) is 4.31 Å². The third-order valence-corrected chi connectivity index (χ3v) is 6.02. The van der Waals surface area contributed by atoms with E-state index in [4.69, 9.17) is 4.74 Å². The van der Waals surface area contributed by atoms with E-state index in [9.17, 15) is 13.2 Å². The Labute approximate surface area is 154 Å². The van der Waals surface area contributed by atoms with Crippen LogP contribution in [0.1, 0.15) is 5.56 Å². The summed E-state index contributed by atoms with van der Waals surface area (Å²) in [7, 11) is -3.10. The molecule has 9 heteroatoms. The molecule has 1 fully saturated rings. The number of carbonyl (C=O) groups excluding carboxylic acids is 1. The number of rotatable bonds is 6. The van der Waals surface area contributed by atoms with E-state index in [1.807, 2.05) is 24.3 Å². The molecule has 8 nitrogen and oxygen atoms in total. The molecule has 2 aliphatic heterocycles. The number of fused-ring (bicyclic) bond motifs is 1. The number of piperazine rings is 1. The zero-order valence-electron chi connectivity index (χ0n) is 15.0. The highest BCUT2D eigenvalue weighted by Gasteiger charge is 2.24. The summed E-state index contributed by atoms with van der Waals surface area (Å²) in [6.45, 7) is 4.07. The van der Waals surface area contributed by atoms with Gasteiger partial charge >= 0.3 is 6.03 Å². The first-order chi connectivity index (χ1) is 12.4. The number of sulfonamides is 1. The largest absolute Gasteiger partial charge is 0.488 e. The minimum Gasteiger partial charge on any atom is -0.488 e. The maximum absolute atomic E-state index is 11.9. The maximum atomic E-state index is 11.9. The third kappa shape index (κ3) is 5.09. The number of hydrogen-bond donors (Lipinski definition) is 2. The number of carbonyl (C=O) groups is 1. The molecule has 2 amide bonds. The minimum absolute atomic E-state index is 0.0257. The van der Waals surface area contributed by atoms with Gasteiger partial charge in [0.15, 0.2) is 0 Å². The van der Waals surface area contributed by atoms with Crippen molar-refractivity contribution in [1.82, 2.24) is 19.8 Å². The van der Waals surface area contributed by atoms with E-state index in [1.165, 1.54) is 16.1 Å². The van der Waals surface area contributed by atoms with E-state index in [1.54, 1.807) is 0 Å². The highest BCUT2D eigenvalue weighted by molar-refractivity contribution is 7.88. The zero-order chi connectivity index (χ0) is 18.6. The number of urea groups is 1. The normalized spacial score (nSPS) is 21.0. The molecule has 0 saturated carbocycles. The molecule has 2 heterocycles. The SMILES string of the molecule is CS(=O)(=O)N1CCN(CCNC(=O)NC[C@H]2Cc3ccccc3O2)CC1. The third-order valence-electron chi connectivity index (χ3n) is 4.72. The second-order valence-electron chi connectivity index (χ2n) is 6.69. The summed E-state index contributed by atoms with van der Waals surface area (Å²) >= 11 is 0. The molecule has 0 aromatic heterocycles. The molecule has 0 bridgehead atoms. The topological polar surface area (TPSA) is 91.0 Å². The van der Waals surface area contributed by atoms with Crippen molar-refractivity contribution in [2.75, 3.05) is 52.1 Å². The molecular weight excluding hydrogens is 356 g/mol. The Hall–Kier alpha value is -1.84. The predicted molar refractivity (Wildman–Crippen MR) is 98.8 cm³/mol. The molecular formula is C17H26N4O4S. The van der Waals surface area contributed by atoms with E-state index < -0.39 is 10.0 Å². The Morgan fingerprint density at radius 3 is 2.62 bits per heavy atom. The Bertz CT molecular complexity index is 707. The number of nitrogens with one attached hydrogen (secondary N) is 2.